The minimum absolute atomic E-state index is 0.0400. The molecule has 5 aromatic rings. The molecule has 0 aliphatic rings. The first-order valence-corrected chi connectivity index (χ1v) is 14.7. The number of sulfone groups is 1. The van der Waals surface area contributed by atoms with E-state index in [2.05, 4.69) is 84.0 Å². The van der Waals surface area contributed by atoms with Gasteiger partial charge in [0.1, 0.15) is 0 Å². The molecule has 0 saturated carbocycles. The highest BCUT2D eigenvalue weighted by Crippen LogP contribution is 2.36. The van der Waals surface area contributed by atoms with Gasteiger partial charge in [0.25, 0.3) is 0 Å². The topological polar surface area (TPSA) is 34.1 Å². The molecule has 38 heavy (non-hydrogen) atoms. The zero-order valence-corrected chi connectivity index (χ0v) is 24.0. The second-order valence-corrected chi connectivity index (χ2v) is 14.3. The van der Waals surface area contributed by atoms with Gasteiger partial charge in [-0.15, -0.1) is 0 Å². The smallest absolute Gasteiger partial charge is 0.206 e. The third-order valence-corrected chi connectivity index (χ3v) is 9.19. The van der Waals surface area contributed by atoms with E-state index in [1.165, 1.54) is 38.2 Å². The molecule has 0 amide bonds. The third kappa shape index (κ3) is 5.00. The molecule has 0 spiro atoms. The maximum atomic E-state index is 13.3. The van der Waals surface area contributed by atoms with Gasteiger partial charge in [-0.05, 0) is 91.4 Å². The van der Waals surface area contributed by atoms with Gasteiger partial charge in [0.2, 0.25) is 9.84 Å². The Morgan fingerprint density at radius 1 is 0.553 bits per heavy atom. The summed E-state index contributed by atoms with van der Waals surface area (Å²) in [6.07, 6.45) is 0.653. The second kappa shape index (κ2) is 9.39. The Morgan fingerprint density at radius 2 is 1.16 bits per heavy atom. The summed E-state index contributed by atoms with van der Waals surface area (Å²) in [7, 11) is -3.57. The van der Waals surface area contributed by atoms with Crippen LogP contribution in [0.5, 0.6) is 0 Å². The van der Waals surface area contributed by atoms with E-state index in [0.717, 1.165) is 5.56 Å². The molecule has 0 heterocycles. The minimum Gasteiger partial charge on any atom is -0.219 e. The lowest BCUT2D eigenvalue weighted by atomic mass is 9.82. The molecule has 5 rings (SSSR count). The molecule has 0 fully saturated rings. The van der Waals surface area contributed by atoms with Crippen LogP contribution in [0.1, 0.15) is 63.8 Å². The van der Waals surface area contributed by atoms with E-state index in [9.17, 15) is 8.42 Å². The Labute approximate surface area is 227 Å². The van der Waals surface area contributed by atoms with Crippen molar-refractivity contribution in [3.8, 4) is 0 Å². The maximum absolute atomic E-state index is 13.3. The molecule has 2 nitrogen and oxygen atoms in total. The largest absolute Gasteiger partial charge is 0.219 e. The molecular formula is C35H36O2S. The lowest BCUT2D eigenvalue weighted by Crippen LogP contribution is -2.11. The fourth-order valence-electron chi connectivity index (χ4n) is 5.09. The number of rotatable bonds is 4. The van der Waals surface area contributed by atoms with Crippen molar-refractivity contribution < 1.29 is 8.42 Å². The highest BCUT2D eigenvalue weighted by molar-refractivity contribution is 7.91. The van der Waals surface area contributed by atoms with Crippen LogP contribution in [0.4, 0.5) is 0 Å². The normalized spacial score (nSPS) is 12.8. The molecule has 0 saturated heterocycles. The van der Waals surface area contributed by atoms with Crippen molar-refractivity contribution in [2.75, 3.05) is 0 Å². The lowest BCUT2D eigenvalue weighted by Gasteiger charge is -2.23. The first kappa shape index (κ1) is 26.2. The third-order valence-electron chi connectivity index (χ3n) is 7.43. The molecule has 0 aromatic heterocycles. The van der Waals surface area contributed by atoms with E-state index in [0.29, 0.717) is 16.2 Å². The van der Waals surface area contributed by atoms with Gasteiger partial charge in [-0.25, -0.2) is 8.42 Å². The van der Waals surface area contributed by atoms with Gasteiger partial charge < -0.3 is 0 Å². The van der Waals surface area contributed by atoms with Gasteiger partial charge in [0, 0.05) is 0 Å². The average molecular weight is 521 g/mol. The van der Waals surface area contributed by atoms with Crippen LogP contribution in [0.3, 0.4) is 0 Å². The van der Waals surface area contributed by atoms with E-state index in [-0.39, 0.29) is 10.8 Å². The van der Waals surface area contributed by atoms with Crippen molar-refractivity contribution in [1.29, 1.82) is 0 Å². The van der Waals surface area contributed by atoms with E-state index in [1.54, 1.807) is 30.3 Å². The number of fused-ring (bicyclic) bond motifs is 3. The Morgan fingerprint density at radius 3 is 1.82 bits per heavy atom. The predicted octanol–water partition coefficient (Wildman–Crippen LogP) is 9.01. The summed E-state index contributed by atoms with van der Waals surface area (Å²) in [4.78, 5) is 0.647. The van der Waals surface area contributed by atoms with Crippen molar-refractivity contribution in [2.24, 2.45) is 0 Å². The summed E-state index contributed by atoms with van der Waals surface area (Å²) >= 11 is 0. The van der Waals surface area contributed by atoms with Crippen molar-refractivity contribution in [1.82, 2.24) is 0 Å². The molecule has 194 valence electrons. The quantitative estimate of drug-likeness (QED) is 0.222. The van der Waals surface area contributed by atoms with Gasteiger partial charge in [0.05, 0.1) is 9.79 Å². The van der Waals surface area contributed by atoms with E-state index >= 15 is 0 Å². The number of hydrogen-bond donors (Lipinski definition) is 0. The first-order chi connectivity index (χ1) is 17.8. The SMILES string of the molecule is CC(C)(C)c1ccc2cc(Cc3cccc(S(=O)(=O)c4ccccc4)c3)c3ccc(C(C)(C)C)cc3c2c1. The summed E-state index contributed by atoms with van der Waals surface area (Å²) in [5, 5.41) is 4.94. The van der Waals surface area contributed by atoms with Gasteiger partial charge in [-0.2, -0.15) is 0 Å². The average Bonchev–Trinajstić information content (AvgIpc) is 2.88. The number of hydrogen-bond acceptors (Lipinski definition) is 2. The molecule has 5 aromatic carbocycles. The molecule has 0 bridgehead atoms. The fourth-order valence-corrected chi connectivity index (χ4v) is 6.44. The van der Waals surface area contributed by atoms with Crippen LogP contribution in [0.25, 0.3) is 21.5 Å². The summed E-state index contributed by atoms with van der Waals surface area (Å²) in [6.45, 7) is 13.5. The molecule has 0 aliphatic carbocycles. The summed E-state index contributed by atoms with van der Waals surface area (Å²) < 4.78 is 26.5. The molecule has 0 radical (unpaired) electrons. The van der Waals surface area contributed by atoms with Crippen LogP contribution in [-0.2, 0) is 27.1 Å². The van der Waals surface area contributed by atoms with Crippen LogP contribution < -0.4 is 0 Å². The molecule has 0 atom stereocenters. The van der Waals surface area contributed by atoms with Crippen LogP contribution in [0.2, 0.25) is 0 Å². The van der Waals surface area contributed by atoms with E-state index < -0.39 is 9.84 Å². The second-order valence-electron chi connectivity index (χ2n) is 12.4. The number of benzene rings is 5. The summed E-state index contributed by atoms with van der Waals surface area (Å²) in [6, 6.07) is 32.0. The monoisotopic (exact) mass is 520 g/mol. The van der Waals surface area contributed by atoms with Crippen LogP contribution in [0.15, 0.2) is 107 Å². The van der Waals surface area contributed by atoms with Crippen molar-refractivity contribution >= 4 is 31.4 Å². The molecule has 3 heteroatoms. The van der Waals surface area contributed by atoms with Gasteiger partial charge in [0.15, 0.2) is 0 Å². The Kier molecular flexibility index (Phi) is 6.47. The van der Waals surface area contributed by atoms with Crippen molar-refractivity contribution in [2.45, 2.75) is 68.6 Å². The fraction of sp³-hybridized carbons (Fsp3) is 0.257. The molecular weight excluding hydrogens is 484 g/mol. The van der Waals surface area contributed by atoms with Gasteiger partial charge >= 0.3 is 0 Å². The zero-order valence-electron chi connectivity index (χ0n) is 23.2. The molecule has 0 unspecified atom stereocenters. The predicted molar refractivity (Wildman–Crippen MR) is 160 cm³/mol. The Hall–Kier alpha value is -3.43. The van der Waals surface area contributed by atoms with Crippen molar-refractivity contribution in [3.63, 3.8) is 0 Å². The summed E-state index contributed by atoms with van der Waals surface area (Å²) in [5.41, 5.74) is 4.91. The molecule has 0 N–H and O–H groups in total. The molecule has 0 aliphatic heterocycles. The Balaban J connectivity index is 1.66. The van der Waals surface area contributed by atoms with Gasteiger partial charge in [-0.3, -0.25) is 0 Å². The van der Waals surface area contributed by atoms with E-state index in [4.69, 9.17) is 0 Å². The lowest BCUT2D eigenvalue weighted by molar-refractivity contribution is 0.590. The minimum atomic E-state index is -3.57. The van der Waals surface area contributed by atoms with Crippen LogP contribution in [-0.4, -0.2) is 8.42 Å². The highest BCUT2D eigenvalue weighted by Gasteiger charge is 2.20. The zero-order chi connectivity index (χ0) is 27.3. The first-order valence-electron chi connectivity index (χ1n) is 13.2. The van der Waals surface area contributed by atoms with Crippen LogP contribution in [0, 0.1) is 0 Å². The summed E-state index contributed by atoms with van der Waals surface area (Å²) in [5.74, 6) is 0. The maximum Gasteiger partial charge on any atom is 0.206 e. The van der Waals surface area contributed by atoms with Crippen molar-refractivity contribution in [3.05, 3.63) is 119 Å². The van der Waals surface area contributed by atoms with Crippen LogP contribution >= 0.6 is 0 Å². The van der Waals surface area contributed by atoms with E-state index in [1.807, 2.05) is 24.3 Å². The Bertz CT molecular complexity index is 1750. The van der Waals surface area contributed by atoms with Gasteiger partial charge in [-0.1, -0.05) is 108 Å². The highest BCUT2D eigenvalue weighted by atomic mass is 32.2. The standard InChI is InChI=1S/C35H36O2S/c1-34(2,3)27-16-15-25-21-26(31-18-17-28(35(4,5)6)23-33(31)32(25)22-27)19-24-11-10-14-30(20-24)38(36,37)29-12-8-7-9-13-29/h7-18,20-23H,19H2,1-6H3.